The van der Waals surface area contributed by atoms with E-state index in [9.17, 15) is 21.6 Å². The minimum atomic E-state index is -5.29. The van der Waals surface area contributed by atoms with E-state index in [4.69, 9.17) is 0 Å². The summed E-state index contributed by atoms with van der Waals surface area (Å²) in [5, 5.41) is 2.65. The number of hydrogen-bond acceptors (Lipinski definition) is 3. The molecule has 1 heterocycles. The standard InChI is InChI=1S/C13H13F3O2S2/c1-12(2,3)10-7-19-11-6-8(4-5-9(10)11)20(17,18)13(14,15)16/h4-7H,1-3H3. The van der Waals surface area contributed by atoms with Gasteiger partial charge >= 0.3 is 5.51 Å². The first-order valence-electron chi connectivity index (χ1n) is 5.78. The van der Waals surface area contributed by atoms with Gasteiger partial charge < -0.3 is 0 Å². The predicted octanol–water partition coefficient (Wildman–Crippen LogP) is 4.49. The maximum absolute atomic E-state index is 12.5. The third-order valence-corrected chi connectivity index (χ3v) is 5.40. The summed E-state index contributed by atoms with van der Waals surface area (Å²) in [7, 11) is -5.29. The summed E-state index contributed by atoms with van der Waals surface area (Å²) in [5.41, 5.74) is -4.43. The molecule has 0 bridgehead atoms. The Morgan fingerprint density at radius 2 is 1.70 bits per heavy atom. The number of benzene rings is 1. The summed E-state index contributed by atoms with van der Waals surface area (Å²) in [6.07, 6.45) is 0. The fraction of sp³-hybridized carbons (Fsp3) is 0.385. The number of halogens is 3. The average molecular weight is 322 g/mol. The molecule has 0 saturated carbocycles. The highest BCUT2D eigenvalue weighted by Crippen LogP contribution is 2.37. The summed E-state index contributed by atoms with van der Waals surface area (Å²) in [4.78, 5) is -0.709. The van der Waals surface area contributed by atoms with E-state index < -0.39 is 20.2 Å². The van der Waals surface area contributed by atoms with Crippen LogP contribution in [-0.4, -0.2) is 13.9 Å². The number of alkyl halides is 3. The van der Waals surface area contributed by atoms with E-state index in [-0.39, 0.29) is 5.41 Å². The molecular formula is C13H13F3O2S2. The number of hydrogen-bond donors (Lipinski definition) is 0. The first-order chi connectivity index (χ1) is 8.94. The highest BCUT2D eigenvalue weighted by Gasteiger charge is 2.46. The van der Waals surface area contributed by atoms with Gasteiger partial charge in [0, 0.05) is 4.70 Å². The SMILES string of the molecule is CC(C)(C)c1csc2cc(S(=O)(=O)C(F)(F)F)ccc12. The number of fused-ring (bicyclic) bond motifs is 1. The van der Waals surface area contributed by atoms with Crippen molar-refractivity contribution in [2.24, 2.45) is 0 Å². The normalized spacial score (nSPS) is 13.9. The zero-order valence-electron chi connectivity index (χ0n) is 11.1. The van der Waals surface area contributed by atoms with Crippen LogP contribution in [-0.2, 0) is 15.3 Å². The molecule has 20 heavy (non-hydrogen) atoms. The highest BCUT2D eigenvalue weighted by molar-refractivity contribution is 7.92. The van der Waals surface area contributed by atoms with Crippen LogP contribution in [0.15, 0.2) is 28.5 Å². The number of sulfone groups is 1. The van der Waals surface area contributed by atoms with Gasteiger partial charge in [-0.2, -0.15) is 13.2 Å². The van der Waals surface area contributed by atoms with Gasteiger partial charge in [0.05, 0.1) is 4.90 Å². The van der Waals surface area contributed by atoms with Gasteiger partial charge in [-0.05, 0) is 33.9 Å². The first-order valence-corrected chi connectivity index (χ1v) is 8.14. The van der Waals surface area contributed by atoms with Crippen LogP contribution in [0.25, 0.3) is 10.1 Å². The van der Waals surface area contributed by atoms with E-state index in [1.54, 1.807) is 0 Å². The van der Waals surface area contributed by atoms with Crippen molar-refractivity contribution in [2.75, 3.05) is 0 Å². The molecule has 0 aliphatic carbocycles. The molecule has 2 nitrogen and oxygen atoms in total. The van der Waals surface area contributed by atoms with E-state index >= 15 is 0 Å². The fourth-order valence-corrected chi connectivity index (χ4v) is 3.98. The molecule has 1 aromatic heterocycles. The number of rotatable bonds is 1. The summed E-state index contributed by atoms with van der Waals surface area (Å²) >= 11 is 1.25. The molecule has 0 saturated heterocycles. The van der Waals surface area contributed by atoms with Crippen LogP contribution in [0.1, 0.15) is 26.3 Å². The maximum Gasteiger partial charge on any atom is 0.501 e. The molecule has 0 unspecified atom stereocenters. The van der Waals surface area contributed by atoms with Gasteiger partial charge in [-0.3, -0.25) is 0 Å². The van der Waals surface area contributed by atoms with Crippen LogP contribution in [0.3, 0.4) is 0 Å². The minimum Gasteiger partial charge on any atom is -0.214 e. The largest absolute Gasteiger partial charge is 0.501 e. The second-order valence-electron chi connectivity index (χ2n) is 5.51. The third kappa shape index (κ3) is 2.44. The molecular weight excluding hydrogens is 309 g/mol. The molecule has 7 heteroatoms. The quantitative estimate of drug-likeness (QED) is 0.775. The molecule has 0 radical (unpaired) electrons. The Bertz CT molecular complexity index is 750. The molecule has 0 aliphatic heterocycles. The van der Waals surface area contributed by atoms with Gasteiger partial charge in [-0.15, -0.1) is 11.3 Å². The van der Waals surface area contributed by atoms with Gasteiger partial charge in [-0.25, -0.2) is 8.42 Å². The van der Waals surface area contributed by atoms with E-state index in [0.29, 0.717) is 4.70 Å². The highest BCUT2D eigenvalue weighted by atomic mass is 32.2. The van der Waals surface area contributed by atoms with Crippen LogP contribution >= 0.6 is 11.3 Å². The second-order valence-corrected chi connectivity index (χ2v) is 8.36. The molecule has 2 rings (SSSR count). The van der Waals surface area contributed by atoms with Crippen LogP contribution in [0.2, 0.25) is 0 Å². The summed E-state index contributed by atoms with van der Waals surface area (Å²) in [6, 6.07) is 3.57. The predicted molar refractivity (Wildman–Crippen MR) is 73.8 cm³/mol. The van der Waals surface area contributed by atoms with Crippen LogP contribution in [0.4, 0.5) is 13.2 Å². The monoisotopic (exact) mass is 322 g/mol. The van der Waals surface area contributed by atoms with Crippen molar-refractivity contribution in [1.82, 2.24) is 0 Å². The Kier molecular flexibility index (Phi) is 3.41. The van der Waals surface area contributed by atoms with E-state index in [2.05, 4.69) is 0 Å². The van der Waals surface area contributed by atoms with Crippen LogP contribution in [0.5, 0.6) is 0 Å². The lowest BCUT2D eigenvalue weighted by Gasteiger charge is -2.17. The fourth-order valence-electron chi connectivity index (χ4n) is 1.89. The smallest absolute Gasteiger partial charge is 0.214 e. The van der Waals surface area contributed by atoms with E-state index in [0.717, 1.165) is 23.1 Å². The Balaban J connectivity index is 2.64. The van der Waals surface area contributed by atoms with Crippen LogP contribution < -0.4 is 0 Å². The number of thiophene rings is 1. The Hall–Kier alpha value is -1.08. The Labute approximate surface area is 119 Å². The van der Waals surface area contributed by atoms with Crippen molar-refractivity contribution in [3.8, 4) is 0 Å². The van der Waals surface area contributed by atoms with Crippen LogP contribution in [0, 0.1) is 0 Å². The summed E-state index contributed by atoms with van der Waals surface area (Å²) in [5.74, 6) is 0. The molecule has 0 N–H and O–H groups in total. The van der Waals surface area contributed by atoms with Crippen molar-refractivity contribution in [3.05, 3.63) is 29.1 Å². The molecule has 2 aromatic rings. The molecule has 0 aliphatic rings. The third-order valence-electron chi connectivity index (χ3n) is 2.97. The first kappa shape index (κ1) is 15.3. The van der Waals surface area contributed by atoms with Crippen molar-refractivity contribution < 1.29 is 21.6 Å². The molecule has 0 fully saturated rings. The van der Waals surface area contributed by atoms with Gasteiger partial charge in [0.1, 0.15) is 0 Å². The molecule has 0 amide bonds. The molecule has 1 aromatic carbocycles. The van der Waals surface area contributed by atoms with Gasteiger partial charge in [-0.1, -0.05) is 26.8 Å². The molecule has 0 spiro atoms. The van der Waals surface area contributed by atoms with Crippen molar-refractivity contribution >= 4 is 31.3 Å². The summed E-state index contributed by atoms with van der Waals surface area (Å²) < 4.78 is 60.9. The lowest BCUT2D eigenvalue weighted by atomic mass is 9.87. The molecule has 110 valence electrons. The van der Waals surface area contributed by atoms with Crippen molar-refractivity contribution in [3.63, 3.8) is 0 Å². The topological polar surface area (TPSA) is 34.1 Å². The molecule has 0 atom stereocenters. The lowest BCUT2D eigenvalue weighted by molar-refractivity contribution is -0.0435. The van der Waals surface area contributed by atoms with E-state index in [1.807, 2.05) is 26.2 Å². The Morgan fingerprint density at radius 1 is 1.10 bits per heavy atom. The van der Waals surface area contributed by atoms with Crippen molar-refractivity contribution in [1.29, 1.82) is 0 Å². The second kappa shape index (κ2) is 4.46. The minimum absolute atomic E-state index is 0.150. The zero-order chi connectivity index (χ0) is 15.3. The lowest BCUT2D eigenvalue weighted by Crippen LogP contribution is -2.23. The van der Waals surface area contributed by atoms with Gasteiger partial charge in [0.25, 0.3) is 9.84 Å². The van der Waals surface area contributed by atoms with E-state index in [1.165, 1.54) is 17.4 Å². The van der Waals surface area contributed by atoms with Crippen molar-refractivity contribution in [2.45, 2.75) is 36.6 Å². The van der Waals surface area contributed by atoms with Gasteiger partial charge in [0.15, 0.2) is 0 Å². The Morgan fingerprint density at radius 3 is 2.20 bits per heavy atom. The maximum atomic E-state index is 12.5. The van der Waals surface area contributed by atoms with Gasteiger partial charge in [0.2, 0.25) is 0 Å². The average Bonchev–Trinajstić information content (AvgIpc) is 2.69. The summed E-state index contributed by atoms with van der Waals surface area (Å²) in [6.45, 7) is 5.98. The zero-order valence-corrected chi connectivity index (χ0v) is 12.7.